The van der Waals surface area contributed by atoms with Crippen LogP contribution in [0, 0.1) is 0 Å². The quantitative estimate of drug-likeness (QED) is 0.730. The third-order valence-electron chi connectivity index (χ3n) is 2.98. The maximum Gasteiger partial charge on any atom is 0.0443 e. The van der Waals surface area contributed by atoms with Gasteiger partial charge in [0, 0.05) is 16.4 Å². The fourth-order valence-corrected chi connectivity index (χ4v) is 2.87. The normalized spacial score (nSPS) is 10.7. The zero-order chi connectivity index (χ0) is 14.0. The predicted molar refractivity (Wildman–Crippen MR) is 85.3 cm³/mol. The molecule has 3 heteroatoms. The maximum atomic E-state index is 8.72. The minimum absolute atomic E-state index is 0.260. The second-order valence-corrected chi connectivity index (χ2v) is 5.79. The third-order valence-corrected chi connectivity index (χ3v) is 3.98. The van der Waals surface area contributed by atoms with Gasteiger partial charge in [0.05, 0.1) is 0 Å². The molecule has 2 N–H and O–H groups in total. The van der Waals surface area contributed by atoms with Crippen LogP contribution < -0.4 is 5.32 Å². The molecule has 0 bridgehead atoms. The van der Waals surface area contributed by atoms with Gasteiger partial charge in [0.15, 0.2) is 0 Å². The summed E-state index contributed by atoms with van der Waals surface area (Å²) >= 11 is 1.80. The molecular formula is C17H21NOS. The molecule has 0 aliphatic heterocycles. The molecule has 0 amide bonds. The summed E-state index contributed by atoms with van der Waals surface area (Å²) in [5, 5.41) is 12.1. The van der Waals surface area contributed by atoms with E-state index >= 15 is 0 Å². The van der Waals surface area contributed by atoms with E-state index in [1.165, 1.54) is 15.4 Å². The van der Waals surface area contributed by atoms with Gasteiger partial charge in [0.1, 0.15) is 0 Å². The van der Waals surface area contributed by atoms with Crippen LogP contribution in [-0.2, 0) is 6.42 Å². The Morgan fingerprint density at radius 3 is 2.50 bits per heavy atom. The zero-order valence-corrected chi connectivity index (χ0v) is 12.4. The predicted octanol–water partition coefficient (Wildman–Crippen LogP) is 3.35. The lowest BCUT2D eigenvalue weighted by molar-refractivity contribution is 0.286. The van der Waals surface area contributed by atoms with E-state index in [9.17, 15) is 0 Å². The van der Waals surface area contributed by atoms with E-state index in [4.69, 9.17) is 5.11 Å². The fourth-order valence-electron chi connectivity index (χ4n) is 1.95. The van der Waals surface area contributed by atoms with Gasteiger partial charge < -0.3 is 10.4 Å². The first-order valence-corrected chi connectivity index (χ1v) is 7.83. The van der Waals surface area contributed by atoms with Crippen LogP contribution in [0.2, 0.25) is 0 Å². The molecule has 2 nitrogen and oxygen atoms in total. The Balaban J connectivity index is 1.84. The largest absolute Gasteiger partial charge is 0.396 e. The number of aliphatic hydroxyl groups is 1. The van der Waals surface area contributed by atoms with Crippen molar-refractivity contribution >= 4 is 11.8 Å². The lowest BCUT2D eigenvalue weighted by atomic mass is 10.1. The van der Waals surface area contributed by atoms with Crippen LogP contribution in [0.1, 0.15) is 12.0 Å². The molecule has 0 aromatic heterocycles. The van der Waals surface area contributed by atoms with Gasteiger partial charge in [-0.2, -0.15) is 0 Å². The number of rotatable bonds is 8. The summed E-state index contributed by atoms with van der Waals surface area (Å²) in [5.41, 5.74) is 1.35. The average Bonchev–Trinajstić information content (AvgIpc) is 2.48. The smallest absolute Gasteiger partial charge is 0.0443 e. The number of benzene rings is 2. The van der Waals surface area contributed by atoms with E-state index in [1.54, 1.807) is 11.8 Å². The van der Waals surface area contributed by atoms with Gasteiger partial charge >= 0.3 is 0 Å². The van der Waals surface area contributed by atoms with E-state index in [0.29, 0.717) is 0 Å². The first-order valence-electron chi connectivity index (χ1n) is 7.02. The van der Waals surface area contributed by atoms with E-state index in [0.717, 1.165) is 25.9 Å². The van der Waals surface area contributed by atoms with Crippen molar-refractivity contribution in [2.75, 3.05) is 19.7 Å². The Morgan fingerprint density at radius 2 is 1.70 bits per heavy atom. The molecule has 0 fully saturated rings. The minimum atomic E-state index is 0.260. The molecular weight excluding hydrogens is 266 g/mol. The van der Waals surface area contributed by atoms with Gasteiger partial charge in [-0.15, -0.1) is 0 Å². The summed E-state index contributed by atoms with van der Waals surface area (Å²) in [6.45, 7) is 2.10. The van der Waals surface area contributed by atoms with Gasteiger partial charge in [-0.3, -0.25) is 0 Å². The van der Waals surface area contributed by atoms with E-state index in [1.807, 2.05) is 6.07 Å². The average molecular weight is 287 g/mol. The van der Waals surface area contributed by atoms with Crippen molar-refractivity contribution < 1.29 is 5.11 Å². The fraction of sp³-hybridized carbons (Fsp3) is 0.294. The molecule has 0 saturated carbocycles. The maximum absolute atomic E-state index is 8.72. The molecule has 0 radical (unpaired) electrons. The van der Waals surface area contributed by atoms with Gasteiger partial charge in [0.2, 0.25) is 0 Å². The summed E-state index contributed by atoms with van der Waals surface area (Å²) in [6.07, 6.45) is 1.85. The highest BCUT2D eigenvalue weighted by Crippen LogP contribution is 2.27. The minimum Gasteiger partial charge on any atom is -0.396 e. The van der Waals surface area contributed by atoms with E-state index < -0.39 is 0 Å². The van der Waals surface area contributed by atoms with Gasteiger partial charge in [0.25, 0.3) is 0 Å². The zero-order valence-electron chi connectivity index (χ0n) is 11.6. The van der Waals surface area contributed by atoms with E-state index in [-0.39, 0.29) is 6.61 Å². The number of nitrogens with one attached hydrogen (secondary N) is 1. The number of aliphatic hydroxyl groups excluding tert-OH is 1. The molecule has 0 unspecified atom stereocenters. The molecule has 2 aromatic rings. The van der Waals surface area contributed by atoms with Crippen molar-refractivity contribution in [3.63, 3.8) is 0 Å². The third kappa shape index (κ3) is 5.37. The van der Waals surface area contributed by atoms with Crippen LogP contribution >= 0.6 is 11.8 Å². The summed E-state index contributed by atoms with van der Waals surface area (Å²) in [6, 6.07) is 19.1. The molecule has 0 saturated heterocycles. The van der Waals surface area contributed by atoms with Crippen LogP contribution in [0.25, 0.3) is 0 Å². The first-order chi connectivity index (χ1) is 9.88. The van der Waals surface area contributed by atoms with Crippen molar-refractivity contribution in [2.24, 2.45) is 0 Å². The van der Waals surface area contributed by atoms with E-state index in [2.05, 4.69) is 53.8 Å². The molecule has 0 heterocycles. The summed E-state index contributed by atoms with van der Waals surface area (Å²) in [5.74, 6) is 0. The Hall–Kier alpha value is -1.29. The van der Waals surface area contributed by atoms with Crippen molar-refractivity contribution in [1.29, 1.82) is 0 Å². The van der Waals surface area contributed by atoms with Crippen molar-refractivity contribution in [3.8, 4) is 0 Å². The molecule has 2 rings (SSSR count). The second kappa shape index (κ2) is 8.80. The Morgan fingerprint density at radius 1 is 0.900 bits per heavy atom. The van der Waals surface area contributed by atoms with Crippen LogP contribution in [0.3, 0.4) is 0 Å². The van der Waals surface area contributed by atoms with Crippen LogP contribution in [0.5, 0.6) is 0 Å². The molecule has 20 heavy (non-hydrogen) atoms. The summed E-state index contributed by atoms with van der Waals surface area (Å²) in [7, 11) is 0. The lowest BCUT2D eigenvalue weighted by Gasteiger charge is -2.06. The number of hydrogen-bond acceptors (Lipinski definition) is 3. The highest BCUT2D eigenvalue weighted by molar-refractivity contribution is 7.99. The lowest BCUT2D eigenvalue weighted by Crippen LogP contribution is -2.19. The summed E-state index contributed by atoms with van der Waals surface area (Å²) < 4.78 is 0. The highest BCUT2D eigenvalue weighted by atomic mass is 32.2. The van der Waals surface area contributed by atoms with Crippen LogP contribution in [-0.4, -0.2) is 24.8 Å². The Bertz CT molecular complexity index is 501. The Labute approximate surface area is 125 Å². The molecule has 106 valence electrons. The molecule has 0 atom stereocenters. The van der Waals surface area contributed by atoms with Crippen molar-refractivity contribution in [2.45, 2.75) is 22.6 Å². The van der Waals surface area contributed by atoms with Gasteiger partial charge in [-0.25, -0.2) is 0 Å². The van der Waals surface area contributed by atoms with Crippen molar-refractivity contribution in [3.05, 3.63) is 60.2 Å². The standard InChI is InChI=1S/C17H21NOS/c19-13-5-11-18-12-10-15-6-4-9-17(14-15)20-16-7-2-1-3-8-16/h1-4,6-9,14,18-19H,5,10-13H2. The second-order valence-electron chi connectivity index (χ2n) is 4.64. The SMILES string of the molecule is OCCCNCCc1cccc(Sc2ccccc2)c1. The van der Waals surface area contributed by atoms with Crippen LogP contribution in [0.15, 0.2) is 64.4 Å². The first kappa shape index (κ1) is 15.1. The van der Waals surface area contributed by atoms with Crippen molar-refractivity contribution in [1.82, 2.24) is 5.32 Å². The van der Waals surface area contributed by atoms with Crippen LogP contribution in [0.4, 0.5) is 0 Å². The molecule has 0 aliphatic carbocycles. The van der Waals surface area contributed by atoms with Gasteiger partial charge in [-0.05, 0) is 55.8 Å². The molecule has 2 aromatic carbocycles. The molecule has 0 spiro atoms. The number of hydrogen-bond donors (Lipinski definition) is 2. The summed E-state index contributed by atoms with van der Waals surface area (Å²) in [4.78, 5) is 2.55. The Kier molecular flexibility index (Phi) is 6.64. The topological polar surface area (TPSA) is 32.3 Å². The molecule has 0 aliphatic rings. The monoisotopic (exact) mass is 287 g/mol. The highest BCUT2D eigenvalue weighted by Gasteiger charge is 1.99. The van der Waals surface area contributed by atoms with Gasteiger partial charge in [-0.1, -0.05) is 42.1 Å².